The first-order valence-electron chi connectivity index (χ1n) is 6.39. The number of rotatable bonds is 3. The van der Waals surface area contributed by atoms with Gasteiger partial charge in [0, 0.05) is 6.54 Å². The van der Waals surface area contributed by atoms with Gasteiger partial charge >= 0.3 is 0 Å². The van der Waals surface area contributed by atoms with Gasteiger partial charge in [-0.1, -0.05) is 29.3 Å². The molecule has 1 N–H and O–H groups in total. The second-order valence-corrected chi connectivity index (χ2v) is 5.96. The molecule has 0 radical (unpaired) electrons. The largest absolute Gasteiger partial charge is 0.379 e. The number of hydrogen-bond donors (Lipinski definition) is 1. The van der Waals surface area contributed by atoms with Gasteiger partial charge in [-0.05, 0) is 49.2 Å². The minimum absolute atomic E-state index is 0.724. The lowest BCUT2D eigenvalue weighted by Gasteiger charge is -2.26. The maximum absolute atomic E-state index is 11.0. The van der Waals surface area contributed by atoms with Crippen LogP contribution in [0.2, 0.25) is 0 Å². The second kappa shape index (κ2) is 5.10. The molecule has 0 bridgehead atoms. The van der Waals surface area contributed by atoms with Gasteiger partial charge in [-0.3, -0.25) is 4.68 Å². The molecule has 0 aliphatic heterocycles. The quantitative estimate of drug-likeness (QED) is 0.938. The minimum Gasteiger partial charge on any atom is -0.379 e. The summed E-state index contributed by atoms with van der Waals surface area (Å²) in [6.07, 6.45) is 1.73. The lowest BCUT2D eigenvalue weighted by atomic mass is 9.90. The predicted molar refractivity (Wildman–Crippen MR) is 80.2 cm³/mol. The van der Waals surface area contributed by atoms with Crippen LogP contribution in [0.15, 0.2) is 28.9 Å². The van der Waals surface area contributed by atoms with Crippen LogP contribution in [0.1, 0.15) is 36.2 Å². The smallest absolute Gasteiger partial charge is 0.129 e. The summed E-state index contributed by atoms with van der Waals surface area (Å²) < 4.78 is 2.65. The molecular weight excluding hydrogens is 304 g/mol. The molecule has 0 saturated heterocycles. The Morgan fingerprint density at radius 3 is 2.37 bits per heavy atom. The molecule has 1 heterocycles. The minimum atomic E-state index is -1.07. The molecule has 2 aromatic rings. The van der Waals surface area contributed by atoms with Crippen LogP contribution in [-0.4, -0.2) is 14.9 Å². The Morgan fingerprint density at radius 1 is 1.26 bits per heavy atom. The van der Waals surface area contributed by atoms with Crippen molar-refractivity contribution in [3.8, 4) is 0 Å². The van der Waals surface area contributed by atoms with Crippen LogP contribution in [0.25, 0.3) is 0 Å². The summed E-state index contributed by atoms with van der Waals surface area (Å²) in [6, 6.07) is 6.14. The molecule has 0 aliphatic rings. The first-order valence-corrected chi connectivity index (χ1v) is 7.18. The Balaban J connectivity index is 2.60. The van der Waals surface area contributed by atoms with Crippen molar-refractivity contribution < 1.29 is 5.11 Å². The summed E-state index contributed by atoms with van der Waals surface area (Å²) in [4.78, 5) is 0. The highest BCUT2D eigenvalue weighted by molar-refractivity contribution is 9.10. The van der Waals surface area contributed by atoms with Gasteiger partial charge in [-0.15, -0.1) is 0 Å². The standard InChI is InChI=1S/C15H19BrN2O/c1-5-18-14(13(16)9-17-18)15(4,19)12-7-10(2)6-11(3)8-12/h6-9,19H,5H2,1-4H3. The number of aliphatic hydroxyl groups is 1. The van der Waals surface area contributed by atoms with E-state index >= 15 is 0 Å². The highest BCUT2D eigenvalue weighted by atomic mass is 79.9. The first kappa shape index (κ1) is 14.3. The third kappa shape index (κ3) is 2.60. The summed E-state index contributed by atoms with van der Waals surface area (Å²) >= 11 is 3.48. The third-order valence-electron chi connectivity index (χ3n) is 3.34. The van der Waals surface area contributed by atoms with Crippen molar-refractivity contribution in [2.45, 2.75) is 39.8 Å². The van der Waals surface area contributed by atoms with Crippen molar-refractivity contribution in [1.82, 2.24) is 9.78 Å². The van der Waals surface area contributed by atoms with Crippen LogP contribution in [-0.2, 0) is 12.1 Å². The molecule has 19 heavy (non-hydrogen) atoms. The summed E-state index contributed by atoms with van der Waals surface area (Å²) in [5.74, 6) is 0. The molecular formula is C15H19BrN2O. The van der Waals surface area contributed by atoms with Crippen molar-refractivity contribution in [3.05, 3.63) is 51.3 Å². The number of halogens is 1. The Labute approximate surface area is 122 Å². The summed E-state index contributed by atoms with van der Waals surface area (Å²) in [6.45, 7) is 8.63. The van der Waals surface area contributed by atoms with E-state index in [9.17, 15) is 5.11 Å². The highest BCUT2D eigenvalue weighted by Gasteiger charge is 2.32. The number of hydrogen-bond acceptors (Lipinski definition) is 2. The van der Waals surface area contributed by atoms with Crippen LogP contribution in [0, 0.1) is 13.8 Å². The van der Waals surface area contributed by atoms with Gasteiger partial charge < -0.3 is 5.11 Å². The van der Waals surface area contributed by atoms with E-state index in [-0.39, 0.29) is 0 Å². The summed E-state index contributed by atoms with van der Waals surface area (Å²) in [5, 5.41) is 15.3. The molecule has 0 amide bonds. The van der Waals surface area contributed by atoms with Crippen LogP contribution < -0.4 is 0 Å². The maximum Gasteiger partial charge on any atom is 0.129 e. The van der Waals surface area contributed by atoms with Gasteiger partial charge in [0.25, 0.3) is 0 Å². The SMILES string of the molecule is CCn1ncc(Br)c1C(C)(O)c1cc(C)cc(C)c1. The molecule has 0 spiro atoms. The van der Waals surface area contributed by atoms with E-state index in [4.69, 9.17) is 0 Å². The monoisotopic (exact) mass is 322 g/mol. The lowest BCUT2D eigenvalue weighted by molar-refractivity contribution is 0.0908. The molecule has 2 rings (SSSR count). The van der Waals surface area contributed by atoms with Crippen LogP contribution >= 0.6 is 15.9 Å². The Kier molecular flexibility index (Phi) is 3.83. The molecule has 1 atom stereocenters. The molecule has 3 nitrogen and oxygen atoms in total. The fourth-order valence-corrected chi connectivity index (χ4v) is 3.16. The second-order valence-electron chi connectivity index (χ2n) is 5.11. The third-order valence-corrected chi connectivity index (χ3v) is 3.92. The highest BCUT2D eigenvalue weighted by Crippen LogP contribution is 2.34. The predicted octanol–water partition coefficient (Wildman–Crippen LogP) is 3.54. The van der Waals surface area contributed by atoms with Crippen molar-refractivity contribution in [2.24, 2.45) is 0 Å². The summed E-state index contributed by atoms with van der Waals surface area (Å²) in [7, 11) is 0. The molecule has 1 aromatic heterocycles. The Hall–Kier alpha value is -1.13. The molecule has 1 aromatic carbocycles. The van der Waals surface area contributed by atoms with E-state index in [1.807, 2.05) is 44.5 Å². The van der Waals surface area contributed by atoms with Crippen LogP contribution in [0.5, 0.6) is 0 Å². The maximum atomic E-state index is 11.0. The number of aryl methyl sites for hydroxylation is 3. The fraction of sp³-hybridized carbons (Fsp3) is 0.400. The molecule has 0 saturated carbocycles. The van der Waals surface area contributed by atoms with Crippen molar-refractivity contribution >= 4 is 15.9 Å². The zero-order valence-electron chi connectivity index (χ0n) is 11.7. The zero-order valence-corrected chi connectivity index (χ0v) is 13.3. The van der Waals surface area contributed by atoms with E-state index in [1.165, 1.54) is 0 Å². The van der Waals surface area contributed by atoms with Gasteiger partial charge in [0.1, 0.15) is 5.60 Å². The van der Waals surface area contributed by atoms with Gasteiger partial charge in [0.05, 0.1) is 16.4 Å². The van der Waals surface area contributed by atoms with E-state index in [0.717, 1.165) is 33.4 Å². The average molecular weight is 323 g/mol. The fourth-order valence-electron chi connectivity index (χ4n) is 2.48. The average Bonchev–Trinajstić information content (AvgIpc) is 2.69. The van der Waals surface area contributed by atoms with Gasteiger partial charge in [0.15, 0.2) is 0 Å². The van der Waals surface area contributed by atoms with Crippen LogP contribution in [0.3, 0.4) is 0 Å². The normalized spacial score (nSPS) is 14.4. The molecule has 102 valence electrons. The lowest BCUT2D eigenvalue weighted by Crippen LogP contribution is -2.27. The van der Waals surface area contributed by atoms with Gasteiger partial charge in [-0.2, -0.15) is 5.10 Å². The molecule has 1 unspecified atom stereocenters. The molecule has 0 aliphatic carbocycles. The van der Waals surface area contributed by atoms with Crippen molar-refractivity contribution in [2.75, 3.05) is 0 Å². The number of aromatic nitrogens is 2. The van der Waals surface area contributed by atoms with Gasteiger partial charge in [0.2, 0.25) is 0 Å². The first-order chi connectivity index (χ1) is 8.86. The molecule has 4 heteroatoms. The summed E-state index contributed by atoms with van der Waals surface area (Å²) in [5.41, 5.74) is 2.91. The topological polar surface area (TPSA) is 38.0 Å². The van der Waals surface area contributed by atoms with E-state index < -0.39 is 5.60 Å². The Morgan fingerprint density at radius 2 is 1.84 bits per heavy atom. The number of nitrogens with zero attached hydrogens (tertiary/aromatic N) is 2. The van der Waals surface area contributed by atoms with Gasteiger partial charge in [-0.25, -0.2) is 0 Å². The van der Waals surface area contributed by atoms with E-state index in [1.54, 1.807) is 6.20 Å². The van der Waals surface area contributed by atoms with Crippen LogP contribution in [0.4, 0.5) is 0 Å². The van der Waals surface area contributed by atoms with Crippen molar-refractivity contribution in [1.29, 1.82) is 0 Å². The van der Waals surface area contributed by atoms with Crippen molar-refractivity contribution in [3.63, 3.8) is 0 Å². The van der Waals surface area contributed by atoms with E-state index in [0.29, 0.717) is 0 Å². The zero-order chi connectivity index (χ0) is 14.2. The number of benzene rings is 1. The van der Waals surface area contributed by atoms with E-state index in [2.05, 4.69) is 27.1 Å². The molecule has 0 fully saturated rings. The Bertz CT molecular complexity index is 582.